The number of anilines is 1. The molecule has 3 amide bonds. The SMILES string of the molecule is Cc1cc(Cl)c2ccccc2c1NC(=O)N1CCCC(N2CCCC2=O)CC1. The van der Waals surface area contributed by atoms with Crippen molar-refractivity contribution in [2.45, 2.75) is 45.1 Å². The molecular formula is C22H26ClN3O2. The van der Waals surface area contributed by atoms with Crippen LogP contribution in [0.5, 0.6) is 0 Å². The van der Waals surface area contributed by atoms with E-state index in [4.69, 9.17) is 11.6 Å². The van der Waals surface area contributed by atoms with Crippen molar-refractivity contribution >= 4 is 40.0 Å². The van der Waals surface area contributed by atoms with E-state index in [0.29, 0.717) is 18.0 Å². The van der Waals surface area contributed by atoms with Gasteiger partial charge < -0.3 is 15.1 Å². The number of carbonyl (C=O) groups excluding carboxylic acids is 2. The first-order chi connectivity index (χ1) is 13.5. The summed E-state index contributed by atoms with van der Waals surface area (Å²) in [7, 11) is 0. The van der Waals surface area contributed by atoms with Crippen molar-refractivity contribution in [3.8, 4) is 0 Å². The molecule has 4 rings (SSSR count). The molecular weight excluding hydrogens is 374 g/mol. The number of aryl methyl sites for hydroxylation is 1. The molecule has 0 aliphatic carbocycles. The monoisotopic (exact) mass is 399 g/mol. The summed E-state index contributed by atoms with van der Waals surface area (Å²) >= 11 is 6.38. The largest absolute Gasteiger partial charge is 0.340 e. The molecule has 1 unspecified atom stereocenters. The van der Waals surface area contributed by atoms with Crippen molar-refractivity contribution in [3.63, 3.8) is 0 Å². The average molecular weight is 400 g/mol. The summed E-state index contributed by atoms with van der Waals surface area (Å²) in [6.07, 6.45) is 4.37. The number of nitrogens with one attached hydrogen (secondary N) is 1. The molecule has 2 aliphatic heterocycles. The van der Waals surface area contributed by atoms with Gasteiger partial charge in [-0.2, -0.15) is 0 Å². The lowest BCUT2D eigenvalue weighted by Gasteiger charge is -2.27. The van der Waals surface area contributed by atoms with Gasteiger partial charge in [-0.15, -0.1) is 0 Å². The van der Waals surface area contributed by atoms with E-state index >= 15 is 0 Å². The van der Waals surface area contributed by atoms with Crippen LogP contribution >= 0.6 is 11.6 Å². The molecule has 0 spiro atoms. The number of urea groups is 1. The lowest BCUT2D eigenvalue weighted by molar-refractivity contribution is -0.129. The summed E-state index contributed by atoms with van der Waals surface area (Å²) in [5.74, 6) is 0.270. The predicted octanol–water partition coefficient (Wildman–Crippen LogP) is 4.81. The zero-order chi connectivity index (χ0) is 19.7. The fourth-order valence-corrected chi connectivity index (χ4v) is 4.79. The molecule has 0 radical (unpaired) electrons. The maximum absolute atomic E-state index is 13.0. The summed E-state index contributed by atoms with van der Waals surface area (Å²) in [4.78, 5) is 29.0. The van der Waals surface area contributed by atoms with Crippen molar-refractivity contribution in [1.82, 2.24) is 9.80 Å². The Bertz CT molecular complexity index is 914. The first-order valence-electron chi connectivity index (χ1n) is 10.1. The summed E-state index contributed by atoms with van der Waals surface area (Å²) in [6.45, 7) is 4.22. The minimum atomic E-state index is -0.0797. The second-order valence-electron chi connectivity index (χ2n) is 7.79. The van der Waals surface area contributed by atoms with Crippen LogP contribution in [0, 0.1) is 6.92 Å². The highest BCUT2D eigenvalue weighted by Gasteiger charge is 2.30. The Balaban J connectivity index is 1.49. The van der Waals surface area contributed by atoms with E-state index in [0.717, 1.165) is 60.8 Å². The summed E-state index contributed by atoms with van der Waals surface area (Å²) in [6, 6.07) is 9.95. The van der Waals surface area contributed by atoms with Gasteiger partial charge in [-0.3, -0.25) is 4.79 Å². The standard InChI is InChI=1S/C22H26ClN3O2/c1-15-14-19(23)17-7-2-3-8-18(17)21(15)24-22(28)25-11-4-6-16(10-13-25)26-12-5-9-20(26)27/h2-3,7-8,14,16H,4-6,9-13H2,1H3,(H,24,28). The van der Waals surface area contributed by atoms with Crippen LogP contribution in [0.15, 0.2) is 30.3 Å². The number of likely N-dealkylation sites (tertiary alicyclic amines) is 2. The number of nitrogens with zero attached hydrogens (tertiary/aromatic N) is 2. The third-order valence-electron chi connectivity index (χ3n) is 5.96. The second kappa shape index (κ2) is 8.00. The number of carbonyl (C=O) groups is 2. The first-order valence-corrected chi connectivity index (χ1v) is 10.5. The molecule has 1 N–H and O–H groups in total. The molecule has 0 aromatic heterocycles. The topological polar surface area (TPSA) is 52.7 Å². The van der Waals surface area contributed by atoms with E-state index in [1.54, 1.807) is 0 Å². The Morgan fingerprint density at radius 1 is 1.11 bits per heavy atom. The summed E-state index contributed by atoms with van der Waals surface area (Å²) < 4.78 is 0. The quantitative estimate of drug-likeness (QED) is 0.787. The molecule has 0 bridgehead atoms. The molecule has 2 fully saturated rings. The number of fused-ring (bicyclic) bond motifs is 1. The van der Waals surface area contributed by atoms with Gasteiger partial charge in [-0.05, 0) is 44.2 Å². The van der Waals surface area contributed by atoms with Crippen LogP contribution in [-0.2, 0) is 4.79 Å². The van der Waals surface area contributed by atoms with Gasteiger partial charge in [-0.25, -0.2) is 4.79 Å². The van der Waals surface area contributed by atoms with E-state index < -0.39 is 0 Å². The number of hydrogen-bond acceptors (Lipinski definition) is 2. The second-order valence-corrected chi connectivity index (χ2v) is 8.20. The minimum Gasteiger partial charge on any atom is -0.340 e. The maximum Gasteiger partial charge on any atom is 0.321 e. The van der Waals surface area contributed by atoms with Gasteiger partial charge in [-0.1, -0.05) is 35.9 Å². The van der Waals surface area contributed by atoms with Crippen LogP contribution in [0.25, 0.3) is 10.8 Å². The molecule has 2 aromatic rings. The fourth-order valence-electron chi connectivity index (χ4n) is 4.46. The Kier molecular flexibility index (Phi) is 5.44. The summed E-state index contributed by atoms with van der Waals surface area (Å²) in [5.41, 5.74) is 1.77. The van der Waals surface area contributed by atoms with Gasteiger partial charge in [0.05, 0.1) is 5.69 Å². The normalized spacial score (nSPS) is 20.5. The zero-order valence-electron chi connectivity index (χ0n) is 16.2. The van der Waals surface area contributed by atoms with Gasteiger partial charge >= 0.3 is 6.03 Å². The first kappa shape index (κ1) is 19.1. The molecule has 2 heterocycles. The zero-order valence-corrected chi connectivity index (χ0v) is 17.0. The van der Waals surface area contributed by atoms with E-state index in [-0.39, 0.29) is 18.0 Å². The number of amides is 3. The van der Waals surface area contributed by atoms with Gasteiger partial charge in [0.1, 0.15) is 0 Å². The van der Waals surface area contributed by atoms with Gasteiger partial charge in [0.25, 0.3) is 0 Å². The highest BCUT2D eigenvalue weighted by atomic mass is 35.5. The van der Waals surface area contributed by atoms with Gasteiger partial charge in [0, 0.05) is 47.9 Å². The van der Waals surface area contributed by atoms with Gasteiger partial charge in [0.2, 0.25) is 5.91 Å². The highest BCUT2D eigenvalue weighted by Crippen LogP contribution is 2.33. The fraction of sp³-hybridized carbons (Fsp3) is 0.455. The third kappa shape index (κ3) is 3.68. The lowest BCUT2D eigenvalue weighted by Crippen LogP contribution is -2.39. The number of benzene rings is 2. The van der Waals surface area contributed by atoms with Crippen molar-refractivity contribution < 1.29 is 9.59 Å². The van der Waals surface area contributed by atoms with Crippen LogP contribution in [0.2, 0.25) is 5.02 Å². The van der Waals surface area contributed by atoms with E-state index in [1.807, 2.05) is 47.1 Å². The Labute approximate surface area is 170 Å². The molecule has 6 heteroatoms. The lowest BCUT2D eigenvalue weighted by atomic mass is 10.0. The van der Waals surface area contributed by atoms with E-state index in [9.17, 15) is 9.59 Å². The molecule has 28 heavy (non-hydrogen) atoms. The van der Waals surface area contributed by atoms with E-state index in [2.05, 4.69) is 5.32 Å². The van der Waals surface area contributed by atoms with Crippen molar-refractivity contribution in [2.24, 2.45) is 0 Å². The third-order valence-corrected chi connectivity index (χ3v) is 6.27. The van der Waals surface area contributed by atoms with Crippen LogP contribution < -0.4 is 5.32 Å². The molecule has 0 saturated carbocycles. The molecule has 2 saturated heterocycles. The minimum absolute atomic E-state index is 0.0797. The van der Waals surface area contributed by atoms with Crippen LogP contribution in [0.3, 0.4) is 0 Å². The molecule has 2 aliphatic rings. The molecule has 2 aromatic carbocycles. The van der Waals surface area contributed by atoms with Crippen LogP contribution in [0.1, 0.15) is 37.7 Å². The average Bonchev–Trinajstić information content (AvgIpc) is 2.97. The molecule has 5 nitrogen and oxygen atoms in total. The van der Waals surface area contributed by atoms with Crippen LogP contribution in [-0.4, -0.2) is 47.4 Å². The van der Waals surface area contributed by atoms with Crippen molar-refractivity contribution in [3.05, 3.63) is 40.9 Å². The highest BCUT2D eigenvalue weighted by molar-refractivity contribution is 6.36. The smallest absolute Gasteiger partial charge is 0.321 e. The number of rotatable bonds is 2. The molecule has 1 atom stereocenters. The van der Waals surface area contributed by atoms with Gasteiger partial charge in [0.15, 0.2) is 0 Å². The molecule has 148 valence electrons. The Morgan fingerprint density at radius 2 is 1.89 bits per heavy atom. The summed E-state index contributed by atoms with van der Waals surface area (Å²) in [5, 5.41) is 5.71. The van der Waals surface area contributed by atoms with Crippen LogP contribution in [0.4, 0.5) is 10.5 Å². The number of halogens is 1. The Hall–Kier alpha value is -2.27. The van der Waals surface area contributed by atoms with E-state index in [1.165, 1.54) is 0 Å². The number of hydrogen-bond donors (Lipinski definition) is 1. The maximum atomic E-state index is 13.0. The predicted molar refractivity (Wildman–Crippen MR) is 113 cm³/mol. The van der Waals surface area contributed by atoms with Crippen molar-refractivity contribution in [1.29, 1.82) is 0 Å². The van der Waals surface area contributed by atoms with Crippen molar-refractivity contribution in [2.75, 3.05) is 25.0 Å². The Morgan fingerprint density at radius 3 is 2.64 bits per heavy atom.